The molecule has 2 rings (SSSR count). The lowest BCUT2D eigenvalue weighted by Gasteiger charge is -2.09. The van der Waals surface area contributed by atoms with Crippen LogP contribution >= 0.6 is 11.6 Å². The summed E-state index contributed by atoms with van der Waals surface area (Å²) in [7, 11) is 1.54. The molecule has 0 aliphatic heterocycles. The zero-order valence-corrected chi connectivity index (χ0v) is 10.5. The number of methoxy groups -OCH3 is 1. The van der Waals surface area contributed by atoms with Crippen LogP contribution in [0.1, 0.15) is 13.3 Å². The Hall–Kier alpha value is -1.62. The van der Waals surface area contributed by atoms with Gasteiger partial charge in [0.1, 0.15) is 6.33 Å². The van der Waals surface area contributed by atoms with Crippen LogP contribution < -0.4 is 4.74 Å². The molecule has 0 aliphatic carbocycles. The first-order chi connectivity index (χ1) is 8.27. The van der Waals surface area contributed by atoms with Crippen LogP contribution in [-0.2, 0) is 6.54 Å². The highest BCUT2D eigenvalue weighted by molar-refractivity contribution is 6.31. The van der Waals surface area contributed by atoms with E-state index in [1.807, 2.05) is 10.8 Å². The second-order valence-corrected chi connectivity index (χ2v) is 3.85. The van der Waals surface area contributed by atoms with Crippen LogP contribution in [0.4, 0.5) is 0 Å². The molecule has 0 saturated carbocycles. The molecule has 0 aliphatic rings. The fraction of sp³-hybridized carbons (Fsp3) is 0.364. The Morgan fingerprint density at radius 2 is 2.18 bits per heavy atom. The van der Waals surface area contributed by atoms with E-state index in [2.05, 4.69) is 21.9 Å². The predicted octanol–water partition coefficient (Wildman–Crippen LogP) is 2.41. The van der Waals surface area contributed by atoms with Gasteiger partial charge in [-0.3, -0.25) is 0 Å². The van der Waals surface area contributed by atoms with Gasteiger partial charge in [-0.05, 0) is 6.42 Å². The molecular formula is C11H13ClN4O. The summed E-state index contributed by atoms with van der Waals surface area (Å²) >= 11 is 5.96. The molecule has 2 aromatic heterocycles. The topological polar surface area (TPSA) is 52.8 Å². The lowest BCUT2D eigenvalue weighted by Crippen LogP contribution is -2.02. The number of imidazole rings is 1. The number of nitrogens with zero attached hydrogens (tertiary/aromatic N) is 4. The molecule has 6 heteroatoms. The van der Waals surface area contributed by atoms with Gasteiger partial charge in [-0.25, -0.2) is 15.0 Å². The van der Waals surface area contributed by atoms with E-state index >= 15 is 0 Å². The van der Waals surface area contributed by atoms with Gasteiger partial charge < -0.3 is 9.30 Å². The molecule has 0 spiro atoms. The van der Waals surface area contributed by atoms with Crippen molar-refractivity contribution >= 4 is 11.6 Å². The van der Waals surface area contributed by atoms with Crippen molar-refractivity contribution in [3.63, 3.8) is 0 Å². The van der Waals surface area contributed by atoms with Gasteiger partial charge in [0.15, 0.2) is 22.4 Å². The van der Waals surface area contributed by atoms with E-state index in [0.717, 1.165) is 18.8 Å². The number of hydrogen-bond donors (Lipinski definition) is 0. The summed E-state index contributed by atoms with van der Waals surface area (Å²) < 4.78 is 7.24. The largest absolute Gasteiger partial charge is 0.491 e. The second-order valence-electron chi connectivity index (χ2n) is 3.49. The van der Waals surface area contributed by atoms with Crippen LogP contribution in [0.3, 0.4) is 0 Å². The summed E-state index contributed by atoms with van der Waals surface area (Å²) in [6.07, 6.45) is 6.07. The molecule has 0 fully saturated rings. The molecule has 90 valence electrons. The third-order valence-corrected chi connectivity index (χ3v) is 2.63. The molecule has 0 saturated heterocycles. The van der Waals surface area contributed by atoms with Crippen molar-refractivity contribution in [3.8, 4) is 17.3 Å². The first-order valence-electron chi connectivity index (χ1n) is 5.34. The minimum Gasteiger partial charge on any atom is -0.491 e. The predicted molar refractivity (Wildman–Crippen MR) is 65.1 cm³/mol. The first kappa shape index (κ1) is 11.9. The van der Waals surface area contributed by atoms with E-state index in [1.54, 1.807) is 13.3 Å². The maximum atomic E-state index is 5.96. The van der Waals surface area contributed by atoms with Crippen molar-refractivity contribution in [1.29, 1.82) is 0 Å². The van der Waals surface area contributed by atoms with Crippen LogP contribution in [0.5, 0.6) is 5.75 Å². The highest BCUT2D eigenvalue weighted by Crippen LogP contribution is 2.31. The summed E-state index contributed by atoms with van der Waals surface area (Å²) in [6, 6.07) is 0. The number of hydrogen-bond acceptors (Lipinski definition) is 4. The fourth-order valence-corrected chi connectivity index (χ4v) is 1.85. The van der Waals surface area contributed by atoms with Crippen LogP contribution in [0, 0.1) is 0 Å². The average Bonchev–Trinajstić information content (AvgIpc) is 2.77. The number of ether oxygens (including phenoxy) is 1. The number of aryl methyl sites for hydroxylation is 1. The molecule has 0 bridgehead atoms. The van der Waals surface area contributed by atoms with Gasteiger partial charge in [-0.15, -0.1) is 0 Å². The molecule has 17 heavy (non-hydrogen) atoms. The van der Waals surface area contributed by atoms with Crippen molar-refractivity contribution in [1.82, 2.24) is 19.5 Å². The summed E-state index contributed by atoms with van der Waals surface area (Å²) in [5.74, 6) is 1.20. The van der Waals surface area contributed by atoms with E-state index < -0.39 is 0 Å². The minimum atomic E-state index is 0.295. The Labute approximate surface area is 104 Å². The Morgan fingerprint density at radius 1 is 1.35 bits per heavy atom. The van der Waals surface area contributed by atoms with Gasteiger partial charge in [0, 0.05) is 18.9 Å². The first-order valence-corrected chi connectivity index (χ1v) is 5.71. The van der Waals surface area contributed by atoms with E-state index in [-0.39, 0.29) is 0 Å². The second kappa shape index (κ2) is 5.14. The Kier molecular flexibility index (Phi) is 3.58. The molecule has 2 heterocycles. The Morgan fingerprint density at radius 3 is 2.88 bits per heavy atom. The van der Waals surface area contributed by atoms with Crippen molar-refractivity contribution in [2.24, 2.45) is 0 Å². The molecule has 0 unspecified atom stereocenters. The lowest BCUT2D eigenvalue weighted by molar-refractivity contribution is 0.412. The smallest absolute Gasteiger partial charge is 0.185 e. The van der Waals surface area contributed by atoms with E-state index in [0.29, 0.717) is 16.6 Å². The van der Waals surface area contributed by atoms with Gasteiger partial charge in [0.2, 0.25) is 0 Å². The van der Waals surface area contributed by atoms with Gasteiger partial charge in [-0.2, -0.15) is 0 Å². The van der Waals surface area contributed by atoms with E-state index in [1.165, 1.54) is 6.33 Å². The summed E-state index contributed by atoms with van der Waals surface area (Å²) in [5.41, 5.74) is 0.617. The summed E-state index contributed by atoms with van der Waals surface area (Å²) in [4.78, 5) is 12.4. The zero-order valence-electron chi connectivity index (χ0n) is 9.72. The number of aromatic nitrogens is 4. The van der Waals surface area contributed by atoms with Crippen molar-refractivity contribution < 1.29 is 4.74 Å². The van der Waals surface area contributed by atoms with E-state index in [9.17, 15) is 0 Å². The summed E-state index contributed by atoms with van der Waals surface area (Å²) in [6.45, 7) is 2.98. The van der Waals surface area contributed by atoms with Crippen LogP contribution in [-0.4, -0.2) is 26.6 Å². The standard InChI is InChI=1S/C11H13ClN4O/c1-3-5-16-6-4-13-11(16)8-9(17-2)10(12)15-7-14-8/h4,6-7H,3,5H2,1-2H3. The van der Waals surface area contributed by atoms with Crippen LogP contribution in [0.2, 0.25) is 5.15 Å². The molecule has 5 nitrogen and oxygen atoms in total. The Balaban J connectivity index is 2.52. The normalized spacial score (nSPS) is 10.5. The number of rotatable bonds is 4. The van der Waals surface area contributed by atoms with Crippen LogP contribution in [0.15, 0.2) is 18.7 Å². The highest BCUT2D eigenvalue weighted by Gasteiger charge is 2.16. The SMILES string of the molecule is CCCn1ccnc1-c1ncnc(Cl)c1OC. The Bertz CT molecular complexity index is 512. The van der Waals surface area contributed by atoms with Gasteiger partial charge in [0.05, 0.1) is 7.11 Å². The summed E-state index contributed by atoms with van der Waals surface area (Å²) in [5, 5.41) is 0.295. The van der Waals surface area contributed by atoms with Crippen molar-refractivity contribution in [2.75, 3.05) is 7.11 Å². The minimum absolute atomic E-state index is 0.295. The highest BCUT2D eigenvalue weighted by atomic mass is 35.5. The van der Waals surface area contributed by atoms with E-state index in [4.69, 9.17) is 16.3 Å². The number of halogens is 1. The maximum Gasteiger partial charge on any atom is 0.185 e. The monoisotopic (exact) mass is 252 g/mol. The lowest BCUT2D eigenvalue weighted by atomic mass is 10.3. The van der Waals surface area contributed by atoms with Crippen LogP contribution in [0.25, 0.3) is 11.5 Å². The fourth-order valence-electron chi connectivity index (χ4n) is 1.64. The molecule has 0 atom stereocenters. The van der Waals surface area contributed by atoms with Gasteiger partial charge >= 0.3 is 0 Å². The maximum absolute atomic E-state index is 5.96. The van der Waals surface area contributed by atoms with Crippen molar-refractivity contribution in [3.05, 3.63) is 23.9 Å². The average molecular weight is 253 g/mol. The third kappa shape index (κ3) is 2.24. The quantitative estimate of drug-likeness (QED) is 0.784. The third-order valence-electron chi connectivity index (χ3n) is 2.36. The molecule has 2 aromatic rings. The van der Waals surface area contributed by atoms with Gasteiger partial charge in [0.25, 0.3) is 0 Å². The molecule has 0 amide bonds. The molecule has 0 N–H and O–H groups in total. The zero-order chi connectivity index (χ0) is 12.3. The molecule has 0 radical (unpaired) electrons. The molecule has 0 aromatic carbocycles. The molecular weight excluding hydrogens is 240 g/mol. The van der Waals surface area contributed by atoms with Crippen molar-refractivity contribution in [2.45, 2.75) is 19.9 Å². The van der Waals surface area contributed by atoms with Gasteiger partial charge in [-0.1, -0.05) is 18.5 Å².